The van der Waals surface area contributed by atoms with E-state index in [9.17, 15) is 4.79 Å². The minimum absolute atomic E-state index is 0.253. The Bertz CT molecular complexity index is 403. The van der Waals surface area contributed by atoms with Crippen LogP contribution in [-0.4, -0.2) is 73.6 Å². The molecule has 2 heterocycles. The molecule has 1 amide bonds. The van der Waals surface area contributed by atoms with Crippen LogP contribution >= 0.6 is 0 Å². The Hall–Kier alpha value is -1.30. The Morgan fingerprint density at radius 3 is 2.81 bits per heavy atom. The van der Waals surface area contributed by atoms with E-state index in [0.29, 0.717) is 25.6 Å². The fourth-order valence-corrected chi connectivity index (χ4v) is 2.66. The number of nitrogens with zero attached hydrogens (tertiary/aromatic N) is 3. The lowest BCUT2D eigenvalue weighted by atomic mass is 10.1. The average molecular weight is 296 g/mol. The Balaban J connectivity index is 1.77. The lowest BCUT2D eigenvalue weighted by Gasteiger charge is -2.30. The van der Waals surface area contributed by atoms with Gasteiger partial charge in [0.1, 0.15) is 11.4 Å². The van der Waals surface area contributed by atoms with Gasteiger partial charge >= 0.3 is 6.09 Å². The number of ether oxygens (including phenoxy) is 1. The third-order valence-electron chi connectivity index (χ3n) is 3.75. The lowest BCUT2D eigenvalue weighted by molar-refractivity contribution is 0.0276. The number of aliphatic imine (C=N–C) groups is 1. The van der Waals surface area contributed by atoms with Crippen LogP contribution in [0.5, 0.6) is 0 Å². The zero-order chi connectivity index (χ0) is 15.5. The van der Waals surface area contributed by atoms with Gasteiger partial charge in [0.25, 0.3) is 0 Å². The second-order valence-corrected chi connectivity index (χ2v) is 7.03. The predicted molar refractivity (Wildman–Crippen MR) is 83.7 cm³/mol. The smallest absolute Gasteiger partial charge is 0.410 e. The van der Waals surface area contributed by atoms with Crippen molar-refractivity contribution in [1.29, 1.82) is 0 Å². The van der Waals surface area contributed by atoms with Crippen LogP contribution in [0.2, 0.25) is 0 Å². The molecular weight excluding hydrogens is 268 g/mol. The number of carbonyl (C=O) groups is 1. The summed E-state index contributed by atoms with van der Waals surface area (Å²) >= 11 is 0. The summed E-state index contributed by atoms with van der Waals surface area (Å²) in [6.45, 7) is 10.7. The molecule has 0 aromatic carbocycles. The summed E-state index contributed by atoms with van der Waals surface area (Å²) in [6, 6.07) is 0. The molecule has 2 aliphatic heterocycles. The van der Waals surface area contributed by atoms with E-state index in [1.807, 2.05) is 20.8 Å². The molecule has 1 N–H and O–H groups in total. The van der Waals surface area contributed by atoms with Crippen LogP contribution in [0.3, 0.4) is 0 Å². The molecule has 2 aliphatic rings. The molecule has 0 aliphatic carbocycles. The van der Waals surface area contributed by atoms with Crippen LogP contribution in [0.25, 0.3) is 0 Å². The molecule has 1 atom stereocenters. The Morgan fingerprint density at radius 1 is 1.43 bits per heavy atom. The first kappa shape index (κ1) is 16.1. The molecule has 6 heteroatoms. The van der Waals surface area contributed by atoms with Crippen LogP contribution in [0.1, 0.15) is 27.2 Å². The van der Waals surface area contributed by atoms with Gasteiger partial charge in [-0.1, -0.05) is 0 Å². The number of carbonyl (C=O) groups excluding carboxylic acids is 1. The van der Waals surface area contributed by atoms with Crippen molar-refractivity contribution in [3.8, 4) is 0 Å². The van der Waals surface area contributed by atoms with Gasteiger partial charge in [-0.25, -0.2) is 4.79 Å². The maximum atomic E-state index is 12.1. The number of amides is 1. The van der Waals surface area contributed by atoms with Crippen molar-refractivity contribution >= 4 is 11.9 Å². The van der Waals surface area contributed by atoms with Crippen LogP contribution in [0, 0.1) is 5.92 Å². The second-order valence-electron chi connectivity index (χ2n) is 7.03. The minimum Gasteiger partial charge on any atom is -0.444 e. The highest BCUT2D eigenvalue weighted by Gasteiger charge is 2.25. The number of amidine groups is 1. The van der Waals surface area contributed by atoms with Crippen LogP contribution < -0.4 is 5.32 Å². The fourth-order valence-electron chi connectivity index (χ4n) is 2.66. The predicted octanol–water partition coefficient (Wildman–Crippen LogP) is 1.18. The molecule has 120 valence electrons. The summed E-state index contributed by atoms with van der Waals surface area (Å²) in [5, 5.41) is 3.41. The number of likely N-dealkylation sites (tertiary alicyclic amines) is 1. The standard InChI is InChI=1S/C15H28N4O2/c1-15(2,3)21-14(20)19-8-6-16-13(11-19)17-9-12-5-7-18(4)10-12/h12H,5-11H2,1-4H3,(H,16,17). The van der Waals surface area contributed by atoms with Crippen molar-refractivity contribution in [2.24, 2.45) is 10.9 Å². The van der Waals surface area contributed by atoms with E-state index in [1.165, 1.54) is 13.0 Å². The zero-order valence-electron chi connectivity index (χ0n) is 13.7. The summed E-state index contributed by atoms with van der Waals surface area (Å²) < 4.78 is 5.42. The summed E-state index contributed by atoms with van der Waals surface area (Å²) in [5.41, 5.74) is -0.451. The van der Waals surface area contributed by atoms with E-state index in [-0.39, 0.29) is 6.09 Å². The highest BCUT2D eigenvalue weighted by molar-refractivity contribution is 5.87. The Morgan fingerprint density at radius 2 is 2.19 bits per heavy atom. The molecule has 21 heavy (non-hydrogen) atoms. The van der Waals surface area contributed by atoms with E-state index < -0.39 is 5.60 Å². The summed E-state index contributed by atoms with van der Waals surface area (Å²) in [7, 11) is 2.16. The van der Waals surface area contributed by atoms with E-state index in [4.69, 9.17) is 4.74 Å². The lowest BCUT2D eigenvalue weighted by Crippen LogP contribution is -2.48. The molecule has 0 aromatic heterocycles. The van der Waals surface area contributed by atoms with E-state index in [0.717, 1.165) is 18.9 Å². The molecule has 1 saturated heterocycles. The quantitative estimate of drug-likeness (QED) is 0.831. The monoisotopic (exact) mass is 296 g/mol. The van der Waals surface area contributed by atoms with Crippen molar-refractivity contribution in [2.45, 2.75) is 32.8 Å². The average Bonchev–Trinajstić information content (AvgIpc) is 2.81. The number of rotatable bonds is 2. The number of hydrogen-bond acceptors (Lipinski definition) is 5. The first-order valence-corrected chi connectivity index (χ1v) is 7.77. The Labute approximate surface area is 127 Å². The van der Waals surface area contributed by atoms with Gasteiger partial charge in [-0.05, 0) is 46.7 Å². The van der Waals surface area contributed by atoms with Gasteiger partial charge in [-0.3, -0.25) is 9.89 Å². The summed E-state index contributed by atoms with van der Waals surface area (Å²) in [4.78, 5) is 20.6. The molecule has 0 aromatic rings. The third kappa shape index (κ3) is 5.19. The molecule has 0 bridgehead atoms. The maximum Gasteiger partial charge on any atom is 0.410 e. The van der Waals surface area contributed by atoms with Crippen LogP contribution in [0.4, 0.5) is 4.79 Å². The van der Waals surface area contributed by atoms with Crippen molar-refractivity contribution in [1.82, 2.24) is 15.1 Å². The van der Waals surface area contributed by atoms with Gasteiger partial charge in [-0.2, -0.15) is 0 Å². The van der Waals surface area contributed by atoms with Gasteiger partial charge in [-0.15, -0.1) is 0 Å². The van der Waals surface area contributed by atoms with Gasteiger partial charge < -0.3 is 15.0 Å². The van der Waals surface area contributed by atoms with E-state index in [1.54, 1.807) is 4.90 Å². The summed E-state index contributed by atoms with van der Waals surface area (Å²) in [5.74, 6) is 1.58. The molecule has 6 nitrogen and oxygen atoms in total. The van der Waals surface area contributed by atoms with E-state index >= 15 is 0 Å². The normalized spacial score (nSPS) is 23.9. The topological polar surface area (TPSA) is 57.2 Å². The summed E-state index contributed by atoms with van der Waals surface area (Å²) in [6.07, 6.45) is 0.976. The van der Waals surface area contributed by atoms with Crippen LogP contribution in [0.15, 0.2) is 4.99 Å². The van der Waals surface area contributed by atoms with Crippen molar-refractivity contribution in [3.63, 3.8) is 0 Å². The molecule has 0 radical (unpaired) electrons. The maximum absolute atomic E-state index is 12.1. The largest absolute Gasteiger partial charge is 0.444 e. The van der Waals surface area contributed by atoms with Gasteiger partial charge in [0.05, 0.1) is 13.1 Å². The van der Waals surface area contributed by atoms with Crippen molar-refractivity contribution in [3.05, 3.63) is 0 Å². The molecular formula is C15H28N4O2. The van der Waals surface area contributed by atoms with Crippen molar-refractivity contribution in [2.75, 3.05) is 46.3 Å². The fraction of sp³-hybridized carbons (Fsp3) is 0.867. The van der Waals surface area contributed by atoms with E-state index in [2.05, 4.69) is 22.3 Å². The van der Waals surface area contributed by atoms with Gasteiger partial charge in [0.2, 0.25) is 0 Å². The first-order valence-electron chi connectivity index (χ1n) is 7.77. The second kappa shape index (κ2) is 6.64. The van der Waals surface area contributed by atoms with Crippen LogP contribution in [-0.2, 0) is 4.74 Å². The molecule has 2 rings (SSSR count). The minimum atomic E-state index is -0.451. The number of hydrogen-bond donors (Lipinski definition) is 1. The SMILES string of the molecule is CN1CCC(CNC2=NCCN(C(=O)OC(C)(C)C)C2)C1. The molecule has 0 saturated carbocycles. The Kier molecular flexibility index (Phi) is 5.08. The highest BCUT2D eigenvalue weighted by atomic mass is 16.6. The molecule has 0 spiro atoms. The van der Waals surface area contributed by atoms with Gasteiger partial charge in [0.15, 0.2) is 0 Å². The van der Waals surface area contributed by atoms with Crippen molar-refractivity contribution < 1.29 is 9.53 Å². The molecule has 1 unspecified atom stereocenters. The highest BCUT2D eigenvalue weighted by Crippen LogP contribution is 2.14. The molecule has 1 fully saturated rings. The first-order chi connectivity index (χ1) is 9.83. The third-order valence-corrected chi connectivity index (χ3v) is 3.75. The number of nitrogens with one attached hydrogen (secondary N) is 1. The van der Waals surface area contributed by atoms with Gasteiger partial charge in [0, 0.05) is 19.6 Å². The zero-order valence-corrected chi connectivity index (χ0v) is 13.7.